The zero-order chi connectivity index (χ0) is 15.6. The van der Waals surface area contributed by atoms with E-state index in [1.54, 1.807) is 23.9 Å². The van der Waals surface area contributed by atoms with Crippen molar-refractivity contribution < 1.29 is 4.79 Å². The van der Waals surface area contributed by atoms with Gasteiger partial charge in [0.1, 0.15) is 16.2 Å². The number of amides is 1. The molecule has 0 aliphatic heterocycles. The number of nitrogens with one attached hydrogen (secondary N) is 1. The molecule has 1 aliphatic rings. The molecular weight excluding hydrogens is 348 g/mol. The molecule has 4 rings (SSSR count). The Labute approximate surface area is 145 Å². The van der Waals surface area contributed by atoms with Crippen molar-refractivity contribution in [2.75, 3.05) is 11.1 Å². The van der Waals surface area contributed by atoms with Crippen LogP contribution in [0.3, 0.4) is 0 Å². The molecule has 0 fully saturated rings. The van der Waals surface area contributed by atoms with Gasteiger partial charge in [-0.1, -0.05) is 11.8 Å². The summed E-state index contributed by atoms with van der Waals surface area (Å²) in [5.41, 5.74) is 1.40. The molecule has 0 aromatic carbocycles. The van der Waals surface area contributed by atoms with Crippen molar-refractivity contribution in [2.45, 2.75) is 30.7 Å². The summed E-state index contributed by atoms with van der Waals surface area (Å²) in [6, 6.07) is 0. The van der Waals surface area contributed by atoms with Crippen LogP contribution in [0, 0.1) is 0 Å². The van der Waals surface area contributed by atoms with Crippen molar-refractivity contribution in [3.8, 4) is 0 Å². The Hall–Kier alpha value is -1.51. The van der Waals surface area contributed by atoms with Gasteiger partial charge < -0.3 is 5.32 Å². The molecule has 5 nitrogen and oxygen atoms in total. The van der Waals surface area contributed by atoms with E-state index in [0.29, 0.717) is 10.9 Å². The summed E-state index contributed by atoms with van der Waals surface area (Å²) in [7, 11) is 0. The van der Waals surface area contributed by atoms with Gasteiger partial charge >= 0.3 is 0 Å². The summed E-state index contributed by atoms with van der Waals surface area (Å²) in [4.78, 5) is 27.4. The van der Waals surface area contributed by atoms with Crippen LogP contribution >= 0.6 is 34.4 Å². The molecule has 8 heteroatoms. The number of carbonyl (C=O) groups excluding carboxylic acids is 1. The molecule has 3 heterocycles. The van der Waals surface area contributed by atoms with E-state index in [9.17, 15) is 4.79 Å². The van der Waals surface area contributed by atoms with Crippen LogP contribution in [0.5, 0.6) is 0 Å². The first-order valence-electron chi connectivity index (χ1n) is 7.38. The third kappa shape index (κ3) is 3.11. The molecule has 0 saturated heterocycles. The Morgan fingerprint density at radius 3 is 3.04 bits per heavy atom. The number of aromatic nitrogens is 3. The summed E-state index contributed by atoms with van der Waals surface area (Å²) < 4.78 is 0. The van der Waals surface area contributed by atoms with Crippen LogP contribution in [-0.4, -0.2) is 26.6 Å². The maximum Gasteiger partial charge on any atom is 0.236 e. The van der Waals surface area contributed by atoms with E-state index in [2.05, 4.69) is 20.3 Å². The van der Waals surface area contributed by atoms with Crippen LogP contribution in [0.2, 0.25) is 0 Å². The lowest BCUT2D eigenvalue weighted by molar-refractivity contribution is -0.113. The molecule has 1 N–H and O–H groups in total. The first-order valence-corrected chi connectivity index (χ1v) is 10.1. The lowest BCUT2D eigenvalue weighted by Gasteiger charge is -2.11. The van der Waals surface area contributed by atoms with Gasteiger partial charge in [0.2, 0.25) is 5.91 Å². The number of nitrogens with zero attached hydrogens (tertiary/aromatic N) is 3. The van der Waals surface area contributed by atoms with Gasteiger partial charge in [-0.3, -0.25) is 4.79 Å². The minimum atomic E-state index is -0.0548. The molecule has 0 saturated carbocycles. The SMILES string of the molecule is O=C(CSc1ncnc2sc3c(c12)CCCC3)Nc1nccs1. The number of thiazole rings is 1. The van der Waals surface area contributed by atoms with Crippen molar-refractivity contribution in [2.24, 2.45) is 0 Å². The molecule has 0 bridgehead atoms. The summed E-state index contributed by atoms with van der Waals surface area (Å²) >= 11 is 4.68. The zero-order valence-electron chi connectivity index (χ0n) is 12.2. The molecule has 1 aliphatic carbocycles. The third-order valence-electron chi connectivity index (χ3n) is 3.74. The Bertz CT molecular complexity index is 844. The van der Waals surface area contributed by atoms with Crippen molar-refractivity contribution in [3.63, 3.8) is 0 Å². The van der Waals surface area contributed by atoms with Crippen LogP contribution in [0.15, 0.2) is 22.9 Å². The second kappa shape index (κ2) is 6.54. The van der Waals surface area contributed by atoms with E-state index in [0.717, 1.165) is 22.7 Å². The summed E-state index contributed by atoms with van der Waals surface area (Å²) in [5, 5.41) is 7.37. The molecule has 3 aromatic rings. The van der Waals surface area contributed by atoms with E-state index in [1.807, 2.05) is 5.38 Å². The number of hydrogen-bond acceptors (Lipinski definition) is 7. The van der Waals surface area contributed by atoms with Gasteiger partial charge in [-0.15, -0.1) is 22.7 Å². The molecule has 23 heavy (non-hydrogen) atoms. The summed E-state index contributed by atoms with van der Waals surface area (Å²) in [5.74, 6) is 0.275. The molecular formula is C15H14N4OS3. The van der Waals surface area contributed by atoms with Crippen molar-refractivity contribution in [1.82, 2.24) is 15.0 Å². The van der Waals surface area contributed by atoms with Crippen LogP contribution in [-0.2, 0) is 17.6 Å². The number of thiophene rings is 1. The predicted molar refractivity (Wildman–Crippen MR) is 95.5 cm³/mol. The maximum atomic E-state index is 12.0. The van der Waals surface area contributed by atoms with Crippen LogP contribution < -0.4 is 5.32 Å². The Morgan fingerprint density at radius 2 is 2.17 bits per heavy atom. The predicted octanol–water partition coefficient (Wildman–Crippen LogP) is 3.76. The lowest BCUT2D eigenvalue weighted by atomic mass is 9.97. The average Bonchev–Trinajstić information content (AvgIpc) is 3.20. The fraction of sp³-hybridized carbons (Fsp3) is 0.333. The van der Waals surface area contributed by atoms with Gasteiger partial charge in [0.25, 0.3) is 0 Å². The quantitative estimate of drug-likeness (QED) is 0.565. The fourth-order valence-corrected chi connectivity index (χ4v) is 5.41. The van der Waals surface area contributed by atoms with Crippen molar-refractivity contribution in [3.05, 3.63) is 28.3 Å². The van der Waals surface area contributed by atoms with Crippen molar-refractivity contribution in [1.29, 1.82) is 0 Å². The number of carbonyl (C=O) groups is 1. The second-order valence-electron chi connectivity index (χ2n) is 5.24. The second-order valence-corrected chi connectivity index (χ2v) is 8.19. The van der Waals surface area contributed by atoms with E-state index >= 15 is 0 Å². The van der Waals surface area contributed by atoms with E-state index < -0.39 is 0 Å². The monoisotopic (exact) mass is 362 g/mol. The van der Waals surface area contributed by atoms with Gasteiger partial charge in [-0.25, -0.2) is 15.0 Å². The van der Waals surface area contributed by atoms with Gasteiger partial charge in [0.15, 0.2) is 5.13 Å². The van der Waals surface area contributed by atoms with Gasteiger partial charge in [-0.05, 0) is 31.2 Å². The highest BCUT2D eigenvalue weighted by Gasteiger charge is 2.20. The smallest absolute Gasteiger partial charge is 0.236 e. The first-order chi connectivity index (χ1) is 11.3. The highest BCUT2D eigenvalue weighted by Crippen LogP contribution is 2.39. The summed E-state index contributed by atoms with van der Waals surface area (Å²) in [6.07, 6.45) is 8.01. The fourth-order valence-electron chi connectivity index (χ4n) is 2.75. The molecule has 3 aromatic heterocycles. The molecule has 0 unspecified atom stereocenters. The van der Waals surface area contributed by atoms with Crippen LogP contribution in [0.4, 0.5) is 5.13 Å². The largest absolute Gasteiger partial charge is 0.301 e. The third-order valence-corrected chi connectivity index (χ3v) is 6.61. The minimum absolute atomic E-state index is 0.0548. The molecule has 0 radical (unpaired) electrons. The number of fused-ring (bicyclic) bond motifs is 3. The summed E-state index contributed by atoms with van der Waals surface area (Å²) in [6.45, 7) is 0. The highest BCUT2D eigenvalue weighted by molar-refractivity contribution is 8.00. The highest BCUT2D eigenvalue weighted by atomic mass is 32.2. The average molecular weight is 363 g/mol. The molecule has 0 spiro atoms. The topological polar surface area (TPSA) is 67.8 Å². The number of thioether (sulfide) groups is 1. The van der Waals surface area contributed by atoms with Crippen LogP contribution in [0.1, 0.15) is 23.3 Å². The Balaban J connectivity index is 1.54. The van der Waals surface area contributed by atoms with Crippen molar-refractivity contribution >= 4 is 55.7 Å². The Kier molecular flexibility index (Phi) is 4.28. The first kappa shape index (κ1) is 15.0. The molecule has 1 amide bonds. The number of anilines is 1. The van der Waals surface area contributed by atoms with E-state index in [-0.39, 0.29) is 5.91 Å². The number of hydrogen-bond donors (Lipinski definition) is 1. The van der Waals surface area contributed by atoms with Gasteiger partial charge in [0.05, 0.1) is 5.75 Å². The number of rotatable bonds is 4. The standard InChI is InChI=1S/C15H14N4OS3/c20-11(19-15-16-5-6-21-15)7-22-13-12-9-3-1-2-4-10(9)23-14(12)18-8-17-13/h5-6,8H,1-4,7H2,(H,16,19,20). The Morgan fingerprint density at radius 1 is 1.26 bits per heavy atom. The lowest BCUT2D eigenvalue weighted by Crippen LogP contribution is -2.13. The zero-order valence-corrected chi connectivity index (χ0v) is 14.7. The van der Waals surface area contributed by atoms with E-state index in [4.69, 9.17) is 0 Å². The van der Waals surface area contributed by atoms with E-state index in [1.165, 1.54) is 51.8 Å². The minimum Gasteiger partial charge on any atom is -0.301 e. The van der Waals surface area contributed by atoms with Gasteiger partial charge in [0, 0.05) is 21.8 Å². The number of aryl methyl sites for hydroxylation is 2. The molecule has 0 atom stereocenters. The normalized spacial score (nSPS) is 13.9. The van der Waals surface area contributed by atoms with Crippen LogP contribution in [0.25, 0.3) is 10.2 Å². The van der Waals surface area contributed by atoms with Gasteiger partial charge in [-0.2, -0.15) is 0 Å². The molecule has 118 valence electrons. The maximum absolute atomic E-state index is 12.0.